The Morgan fingerprint density at radius 2 is 2.12 bits per heavy atom. The summed E-state index contributed by atoms with van der Waals surface area (Å²) in [5.74, 6) is 1.17. The van der Waals surface area contributed by atoms with Crippen molar-refractivity contribution in [1.29, 1.82) is 0 Å². The molecule has 0 aromatic rings. The number of hydrogen-bond acceptors (Lipinski definition) is 3. The molecule has 0 unspecified atom stereocenters. The first-order valence-electron chi connectivity index (χ1n) is 2.86. The van der Waals surface area contributed by atoms with Crippen molar-refractivity contribution in [2.45, 2.75) is 6.92 Å². The Morgan fingerprint density at radius 3 is 2.62 bits per heavy atom. The van der Waals surface area contributed by atoms with Crippen molar-refractivity contribution in [3.8, 4) is 0 Å². The molecular weight excluding hydrogens is 120 g/mol. The fourth-order valence-corrected chi connectivity index (χ4v) is 0.673. The minimum absolute atomic E-state index is 0.994. The highest BCUT2D eigenvalue weighted by Crippen LogP contribution is 1.85. The Hall–Kier alpha value is 0.270. The number of thioether (sulfide) groups is 1. The predicted octanol–water partition coefficient (Wildman–Crippen LogP) is 0.463. The predicted molar refractivity (Wildman–Crippen MR) is 40.1 cm³/mol. The van der Waals surface area contributed by atoms with E-state index in [-0.39, 0.29) is 0 Å². The Morgan fingerprint density at radius 1 is 1.38 bits per heavy atom. The molecule has 3 heteroatoms. The second kappa shape index (κ2) is 7.27. The topological polar surface area (TPSA) is 24.1 Å². The first-order valence-corrected chi connectivity index (χ1v) is 4.25. The van der Waals surface area contributed by atoms with Gasteiger partial charge in [-0.3, -0.25) is 10.9 Å². The molecule has 0 aliphatic heterocycles. The van der Waals surface area contributed by atoms with Crippen molar-refractivity contribution >= 4 is 11.8 Å². The third-order valence-electron chi connectivity index (χ3n) is 0.733. The molecule has 0 fully saturated rings. The zero-order valence-corrected chi connectivity index (χ0v) is 6.35. The lowest BCUT2D eigenvalue weighted by molar-refractivity contribution is 0.576. The van der Waals surface area contributed by atoms with Crippen LogP contribution in [0.25, 0.3) is 0 Å². The van der Waals surface area contributed by atoms with Crippen LogP contribution in [0.15, 0.2) is 0 Å². The van der Waals surface area contributed by atoms with Gasteiger partial charge in [0.1, 0.15) is 0 Å². The summed E-state index contributed by atoms with van der Waals surface area (Å²) in [5.41, 5.74) is 6.08. The van der Waals surface area contributed by atoms with Gasteiger partial charge in [0, 0.05) is 18.8 Å². The average molecular weight is 134 g/mol. The monoisotopic (exact) mass is 134 g/mol. The van der Waals surface area contributed by atoms with E-state index >= 15 is 0 Å². The molecule has 2 N–H and O–H groups in total. The van der Waals surface area contributed by atoms with E-state index in [2.05, 4.69) is 24.0 Å². The molecule has 0 aromatic carbocycles. The SMILES string of the molecule is CCNNCCSC. The van der Waals surface area contributed by atoms with E-state index in [0.717, 1.165) is 13.1 Å². The van der Waals surface area contributed by atoms with E-state index in [1.165, 1.54) is 5.75 Å². The Kier molecular flexibility index (Phi) is 7.52. The van der Waals surface area contributed by atoms with E-state index in [4.69, 9.17) is 0 Å². The molecule has 0 rings (SSSR count). The molecule has 0 bridgehead atoms. The summed E-state index contributed by atoms with van der Waals surface area (Å²) < 4.78 is 0. The van der Waals surface area contributed by atoms with Crippen molar-refractivity contribution < 1.29 is 0 Å². The highest BCUT2D eigenvalue weighted by molar-refractivity contribution is 7.98. The maximum atomic E-state index is 3.07. The lowest BCUT2D eigenvalue weighted by atomic mass is 10.8. The van der Waals surface area contributed by atoms with Crippen molar-refractivity contribution in [3.05, 3.63) is 0 Å². The van der Waals surface area contributed by atoms with Gasteiger partial charge in [0.15, 0.2) is 0 Å². The Bertz CT molecular complexity index is 35.4. The molecule has 2 nitrogen and oxygen atoms in total. The summed E-state index contributed by atoms with van der Waals surface area (Å²) in [4.78, 5) is 0. The standard InChI is InChI=1S/C5H14N2S/c1-3-6-7-4-5-8-2/h6-7H,3-5H2,1-2H3. The number of hydrogen-bond donors (Lipinski definition) is 2. The maximum absolute atomic E-state index is 3.07. The normalized spacial score (nSPS) is 9.75. The molecule has 0 aliphatic rings. The minimum atomic E-state index is 0.994. The largest absolute Gasteiger partial charge is 0.258 e. The van der Waals surface area contributed by atoms with Gasteiger partial charge in [0.05, 0.1) is 0 Å². The average Bonchev–Trinajstić information content (AvgIpc) is 1.81. The highest BCUT2D eigenvalue weighted by atomic mass is 32.2. The fraction of sp³-hybridized carbons (Fsp3) is 1.00. The van der Waals surface area contributed by atoms with E-state index in [1.807, 2.05) is 11.8 Å². The minimum Gasteiger partial charge on any atom is -0.258 e. The second-order valence-electron chi connectivity index (χ2n) is 1.45. The van der Waals surface area contributed by atoms with Crippen LogP contribution in [0.4, 0.5) is 0 Å². The van der Waals surface area contributed by atoms with E-state index < -0.39 is 0 Å². The molecule has 0 atom stereocenters. The van der Waals surface area contributed by atoms with Gasteiger partial charge in [-0.25, -0.2) is 0 Å². The molecule has 0 amide bonds. The van der Waals surface area contributed by atoms with Gasteiger partial charge in [-0.05, 0) is 6.26 Å². The summed E-state index contributed by atoms with van der Waals surface area (Å²) in [6.45, 7) is 4.12. The van der Waals surface area contributed by atoms with E-state index in [1.54, 1.807) is 0 Å². The van der Waals surface area contributed by atoms with Gasteiger partial charge >= 0.3 is 0 Å². The Balaban J connectivity index is 2.53. The van der Waals surface area contributed by atoms with Crippen LogP contribution < -0.4 is 10.9 Å². The smallest absolute Gasteiger partial charge is 0.0191 e. The zero-order chi connectivity index (χ0) is 6.24. The molecule has 0 aromatic heterocycles. The second-order valence-corrected chi connectivity index (χ2v) is 2.44. The third-order valence-corrected chi connectivity index (χ3v) is 1.35. The lowest BCUT2D eigenvalue weighted by Gasteiger charge is -2.00. The molecule has 0 saturated heterocycles. The van der Waals surface area contributed by atoms with Gasteiger partial charge in [0.2, 0.25) is 0 Å². The Labute approximate surface area is 55.4 Å². The summed E-state index contributed by atoms with van der Waals surface area (Å²) in [6.07, 6.45) is 2.10. The van der Waals surface area contributed by atoms with Crippen molar-refractivity contribution in [2.75, 3.05) is 25.1 Å². The van der Waals surface area contributed by atoms with Gasteiger partial charge in [-0.1, -0.05) is 6.92 Å². The van der Waals surface area contributed by atoms with Gasteiger partial charge < -0.3 is 0 Å². The molecule has 0 heterocycles. The number of hydrazine groups is 1. The van der Waals surface area contributed by atoms with Crippen molar-refractivity contribution in [1.82, 2.24) is 10.9 Å². The van der Waals surface area contributed by atoms with Gasteiger partial charge in [-0.2, -0.15) is 11.8 Å². The molecule has 0 radical (unpaired) electrons. The zero-order valence-electron chi connectivity index (χ0n) is 5.53. The number of rotatable bonds is 5. The van der Waals surface area contributed by atoms with Crippen molar-refractivity contribution in [3.63, 3.8) is 0 Å². The maximum Gasteiger partial charge on any atom is 0.0191 e. The first kappa shape index (κ1) is 8.27. The van der Waals surface area contributed by atoms with Crippen LogP contribution >= 0.6 is 11.8 Å². The van der Waals surface area contributed by atoms with Crippen LogP contribution in [0.3, 0.4) is 0 Å². The third kappa shape index (κ3) is 6.27. The summed E-state index contributed by atoms with van der Waals surface area (Å²) in [5, 5.41) is 0. The highest BCUT2D eigenvalue weighted by Gasteiger charge is 1.79. The number of nitrogens with one attached hydrogen (secondary N) is 2. The summed E-state index contributed by atoms with van der Waals surface area (Å²) in [6, 6.07) is 0. The van der Waals surface area contributed by atoms with Crippen molar-refractivity contribution in [2.24, 2.45) is 0 Å². The molecule has 0 aliphatic carbocycles. The van der Waals surface area contributed by atoms with E-state index in [9.17, 15) is 0 Å². The molecule has 8 heavy (non-hydrogen) atoms. The molecule has 50 valence electrons. The summed E-state index contributed by atoms with van der Waals surface area (Å²) >= 11 is 1.85. The van der Waals surface area contributed by atoms with Crippen LogP contribution in [0, 0.1) is 0 Å². The van der Waals surface area contributed by atoms with Crippen LogP contribution in [0.1, 0.15) is 6.92 Å². The van der Waals surface area contributed by atoms with Crippen LogP contribution in [-0.4, -0.2) is 25.1 Å². The van der Waals surface area contributed by atoms with Crippen LogP contribution in [0.5, 0.6) is 0 Å². The molecule has 0 saturated carbocycles. The van der Waals surface area contributed by atoms with E-state index in [0.29, 0.717) is 0 Å². The van der Waals surface area contributed by atoms with Crippen LogP contribution in [-0.2, 0) is 0 Å². The first-order chi connectivity index (χ1) is 3.91. The lowest BCUT2D eigenvalue weighted by Crippen LogP contribution is -2.32. The molecular formula is C5H14N2S. The van der Waals surface area contributed by atoms with Gasteiger partial charge in [0.25, 0.3) is 0 Å². The fourth-order valence-electron chi connectivity index (χ4n) is 0.366. The quantitative estimate of drug-likeness (QED) is 0.422. The molecule has 0 spiro atoms. The summed E-state index contributed by atoms with van der Waals surface area (Å²) in [7, 11) is 0. The van der Waals surface area contributed by atoms with Crippen LogP contribution in [0.2, 0.25) is 0 Å². The van der Waals surface area contributed by atoms with Gasteiger partial charge in [-0.15, -0.1) is 0 Å².